The smallest absolute Gasteiger partial charge is 0.330 e. The van der Waals surface area contributed by atoms with Crippen molar-refractivity contribution in [3.63, 3.8) is 0 Å². The molecule has 0 saturated heterocycles. The number of nitrogen functional groups attached to an aromatic ring is 1. The maximum Gasteiger partial charge on any atom is 0.330 e. The number of likely N-dealkylation sites (N-methyl/N-ethyl adjacent to an activating group) is 1. The maximum atomic E-state index is 12.6. The molecule has 2 aromatic rings. The molecule has 0 aliphatic rings. The second-order valence-corrected chi connectivity index (χ2v) is 5.70. The van der Waals surface area contributed by atoms with Crippen LogP contribution >= 0.6 is 0 Å². The molecule has 0 bridgehead atoms. The van der Waals surface area contributed by atoms with E-state index in [-0.39, 0.29) is 18.1 Å². The number of aromatic amines is 1. The molecule has 3 N–H and O–H groups in total. The van der Waals surface area contributed by atoms with Gasteiger partial charge in [-0.1, -0.05) is 19.4 Å². The van der Waals surface area contributed by atoms with Gasteiger partial charge in [0, 0.05) is 31.6 Å². The molecular formula is C18H23N5O3. The molecule has 0 aliphatic heterocycles. The lowest BCUT2D eigenvalue weighted by Crippen LogP contribution is -2.40. The third-order valence-electron chi connectivity index (χ3n) is 3.90. The van der Waals surface area contributed by atoms with E-state index in [0.29, 0.717) is 6.54 Å². The van der Waals surface area contributed by atoms with Gasteiger partial charge in [0.1, 0.15) is 5.82 Å². The molecule has 0 aromatic carbocycles. The summed E-state index contributed by atoms with van der Waals surface area (Å²) in [5.74, 6) is -0.411. The molecule has 26 heavy (non-hydrogen) atoms. The van der Waals surface area contributed by atoms with E-state index in [9.17, 15) is 14.4 Å². The number of carbonyl (C=O) groups excluding carboxylic acids is 1. The Kier molecular flexibility index (Phi) is 6.48. The Hall–Kier alpha value is -3.16. The Morgan fingerprint density at radius 1 is 1.38 bits per heavy atom. The second-order valence-electron chi connectivity index (χ2n) is 5.70. The standard InChI is InChI=1S/C18H23N5O3/c1-3-5-11-23-16(19)15(17(25)21-18(23)26)22(4-2)14(24)9-8-13-7-6-10-20-12-13/h6-10,12H,3-5,11,19H2,1-2H3,(H,21,25,26)/b9-8+. The fourth-order valence-corrected chi connectivity index (χ4v) is 2.53. The number of nitrogens with zero attached hydrogens (tertiary/aromatic N) is 3. The Morgan fingerprint density at radius 3 is 2.77 bits per heavy atom. The van der Waals surface area contributed by atoms with Crippen LogP contribution in [0.1, 0.15) is 32.3 Å². The van der Waals surface area contributed by atoms with Crippen LogP contribution in [-0.4, -0.2) is 27.0 Å². The molecule has 0 unspecified atom stereocenters. The molecule has 138 valence electrons. The zero-order valence-electron chi connectivity index (χ0n) is 14.9. The number of anilines is 2. The summed E-state index contributed by atoms with van der Waals surface area (Å²) in [6.07, 6.45) is 7.81. The van der Waals surface area contributed by atoms with Crippen LogP contribution in [-0.2, 0) is 11.3 Å². The minimum absolute atomic E-state index is 0.00261. The molecule has 2 rings (SSSR count). The number of carbonyl (C=O) groups is 1. The van der Waals surface area contributed by atoms with Crippen molar-refractivity contribution in [3.8, 4) is 0 Å². The molecule has 0 fully saturated rings. The molecule has 8 nitrogen and oxygen atoms in total. The molecule has 2 heterocycles. The first-order valence-electron chi connectivity index (χ1n) is 8.51. The van der Waals surface area contributed by atoms with E-state index in [4.69, 9.17) is 5.73 Å². The van der Waals surface area contributed by atoms with Crippen molar-refractivity contribution in [1.29, 1.82) is 0 Å². The van der Waals surface area contributed by atoms with Crippen LogP contribution in [0.5, 0.6) is 0 Å². The van der Waals surface area contributed by atoms with Crippen LogP contribution < -0.4 is 21.9 Å². The van der Waals surface area contributed by atoms with Gasteiger partial charge in [0.2, 0.25) is 0 Å². The van der Waals surface area contributed by atoms with E-state index in [1.54, 1.807) is 37.5 Å². The van der Waals surface area contributed by atoms with Gasteiger partial charge in [0.15, 0.2) is 5.69 Å². The SMILES string of the molecule is CCCCn1c(N)c(N(CC)C(=O)/C=C/c2cccnc2)c(=O)[nH]c1=O. The van der Waals surface area contributed by atoms with Crippen molar-refractivity contribution < 1.29 is 4.79 Å². The van der Waals surface area contributed by atoms with Crippen LogP contribution in [0.15, 0.2) is 40.2 Å². The van der Waals surface area contributed by atoms with Crippen LogP contribution in [0.25, 0.3) is 6.08 Å². The minimum atomic E-state index is -0.676. The van der Waals surface area contributed by atoms with E-state index < -0.39 is 17.2 Å². The lowest BCUT2D eigenvalue weighted by atomic mass is 10.2. The highest BCUT2D eigenvalue weighted by atomic mass is 16.2. The van der Waals surface area contributed by atoms with E-state index in [0.717, 1.165) is 18.4 Å². The summed E-state index contributed by atoms with van der Waals surface area (Å²) >= 11 is 0. The topological polar surface area (TPSA) is 114 Å². The molecule has 0 atom stereocenters. The number of nitrogens with one attached hydrogen (secondary N) is 1. The van der Waals surface area contributed by atoms with E-state index >= 15 is 0 Å². The fourth-order valence-electron chi connectivity index (χ4n) is 2.53. The Morgan fingerprint density at radius 2 is 2.15 bits per heavy atom. The molecule has 0 aliphatic carbocycles. The van der Waals surface area contributed by atoms with E-state index in [1.165, 1.54) is 15.5 Å². The number of amides is 1. The van der Waals surface area contributed by atoms with Crippen LogP contribution in [0.4, 0.5) is 11.5 Å². The van der Waals surface area contributed by atoms with Crippen LogP contribution in [0.3, 0.4) is 0 Å². The minimum Gasteiger partial charge on any atom is -0.383 e. The van der Waals surface area contributed by atoms with Gasteiger partial charge in [0.25, 0.3) is 11.5 Å². The second kappa shape index (κ2) is 8.80. The van der Waals surface area contributed by atoms with Crippen molar-refractivity contribution in [1.82, 2.24) is 14.5 Å². The predicted octanol–water partition coefficient (Wildman–Crippen LogP) is 1.38. The number of hydrogen-bond donors (Lipinski definition) is 2. The first-order chi connectivity index (χ1) is 12.5. The van der Waals surface area contributed by atoms with Crippen molar-refractivity contribution >= 4 is 23.5 Å². The predicted molar refractivity (Wildman–Crippen MR) is 102 cm³/mol. The van der Waals surface area contributed by atoms with Crippen LogP contribution in [0.2, 0.25) is 0 Å². The summed E-state index contributed by atoms with van der Waals surface area (Å²) in [5, 5.41) is 0. The van der Waals surface area contributed by atoms with Crippen molar-refractivity contribution in [2.24, 2.45) is 0 Å². The molecule has 0 spiro atoms. The zero-order chi connectivity index (χ0) is 19.1. The lowest BCUT2D eigenvalue weighted by Gasteiger charge is -2.21. The molecule has 8 heteroatoms. The highest BCUT2D eigenvalue weighted by molar-refractivity contribution is 6.05. The third kappa shape index (κ3) is 4.27. The zero-order valence-corrected chi connectivity index (χ0v) is 14.9. The Balaban J connectivity index is 2.40. The van der Waals surface area contributed by atoms with Gasteiger partial charge >= 0.3 is 5.69 Å². The number of H-pyrrole nitrogens is 1. The summed E-state index contributed by atoms with van der Waals surface area (Å²) in [7, 11) is 0. The quantitative estimate of drug-likeness (QED) is 0.727. The van der Waals surface area contributed by atoms with Crippen molar-refractivity contribution in [3.05, 3.63) is 57.0 Å². The largest absolute Gasteiger partial charge is 0.383 e. The molecule has 0 saturated carbocycles. The molecular weight excluding hydrogens is 334 g/mol. The summed E-state index contributed by atoms with van der Waals surface area (Å²) in [4.78, 5) is 44.4. The van der Waals surface area contributed by atoms with Gasteiger partial charge < -0.3 is 10.6 Å². The highest BCUT2D eigenvalue weighted by Crippen LogP contribution is 2.17. The number of nitrogens with two attached hydrogens (primary N) is 1. The fraction of sp³-hybridized carbons (Fsp3) is 0.333. The van der Waals surface area contributed by atoms with Gasteiger partial charge in [-0.05, 0) is 31.1 Å². The summed E-state index contributed by atoms with van der Waals surface area (Å²) in [5.41, 5.74) is 5.56. The molecule has 0 radical (unpaired) electrons. The number of unbranched alkanes of at least 4 members (excludes halogenated alkanes) is 1. The number of rotatable bonds is 7. The number of aromatic nitrogens is 3. The highest BCUT2D eigenvalue weighted by Gasteiger charge is 2.21. The van der Waals surface area contributed by atoms with Crippen molar-refractivity contribution in [2.75, 3.05) is 17.2 Å². The average molecular weight is 357 g/mol. The van der Waals surface area contributed by atoms with Gasteiger partial charge in [-0.3, -0.25) is 24.1 Å². The van der Waals surface area contributed by atoms with Crippen LogP contribution in [0, 0.1) is 0 Å². The summed E-state index contributed by atoms with van der Waals surface area (Å²) in [6, 6.07) is 3.56. The van der Waals surface area contributed by atoms with Gasteiger partial charge in [-0.2, -0.15) is 0 Å². The van der Waals surface area contributed by atoms with E-state index in [2.05, 4.69) is 9.97 Å². The van der Waals surface area contributed by atoms with Gasteiger partial charge in [-0.25, -0.2) is 4.79 Å². The third-order valence-corrected chi connectivity index (χ3v) is 3.90. The number of hydrogen-bond acceptors (Lipinski definition) is 5. The maximum absolute atomic E-state index is 12.6. The summed E-state index contributed by atoms with van der Waals surface area (Å²) < 4.78 is 1.29. The van der Waals surface area contributed by atoms with Gasteiger partial charge in [-0.15, -0.1) is 0 Å². The molecule has 2 aromatic heterocycles. The first-order valence-corrected chi connectivity index (χ1v) is 8.51. The molecule has 1 amide bonds. The van der Waals surface area contributed by atoms with Crippen molar-refractivity contribution in [2.45, 2.75) is 33.2 Å². The number of pyridine rings is 1. The summed E-state index contributed by atoms with van der Waals surface area (Å²) in [6.45, 7) is 4.33. The normalized spacial score (nSPS) is 11.0. The first kappa shape index (κ1) is 19.2. The van der Waals surface area contributed by atoms with Gasteiger partial charge in [0.05, 0.1) is 0 Å². The van der Waals surface area contributed by atoms with E-state index in [1.807, 2.05) is 6.92 Å². The Bertz CT molecular complexity index is 899. The lowest BCUT2D eigenvalue weighted by molar-refractivity contribution is -0.114. The monoisotopic (exact) mass is 357 g/mol. The average Bonchev–Trinajstić information content (AvgIpc) is 2.63. The Labute approximate surface area is 151 Å².